The summed E-state index contributed by atoms with van der Waals surface area (Å²) in [7, 11) is 0. The van der Waals surface area contributed by atoms with Crippen LogP contribution in [0.25, 0.3) is 0 Å². The number of hydrogen-bond acceptors (Lipinski definition) is 2. The molecular formula is C15H22N2. The second-order valence-electron chi connectivity index (χ2n) is 4.80. The van der Waals surface area contributed by atoms with E-state index < -0.39 is 0 Å². The van der Waals surface area contributed by atoms with Crippen molar-refractivity contribution in [2.24, 2.45) is 0 Å². The third-order valence-corrected chi connectivity index (χ3v) is 3.47. The largest absolute Gasteiger partial charge is 0.373 e. The van der Waals surface area contributed by atoms with Gasteiger partial charge in [0, 0.05) is 38.4 Å². The average Bonchev–Trinajstić information content (AvgIpc) is 2.38. The Kier molecular flexibility index (Phi) is 4.21. The Morgan fingerprint density at radius 3 is 2.35 bits per heavy atom. The standard InChI is InChI=1S/C15H22N2/c1-14(2)17-12-10-16(11-13-17)9-8-15-6-4-3-5-7-15/h3-7H,1,8-13H2,2H3. The molecule has 2 heteroatoms. The second-order valence-corrected chi connectivity index (χ2v) is 4.80. The van der Waals surface area contributed by atoms with Crippen LogP contribution < -0.4 is 0 Å². The van der Waals surface area contributed by atoms with E-state index >= 15 is 0 Å². The molecule has 17 heavy (non-hydrogen) atoms. The summed E-state index contributed by atoms with van der Waals surface area (Å²) in [6.07, 6.45) is 1.16. The molecule has 1 aromatic rings. The number of allylic oxidation sites excluding steroid dienone is 1. The fourth-order valence-electron chi connectivity index (χ4n) is 2.29. The van der Waals surface area contributed by atoms with E-state index in [0.717, 1.165) is 19.5 Å². The van der Waals surface area contributed by atoms with Gasteiger partial charge < -0.3 is 4.90 Å². The maximum atomic E-state index is 4.00. The highest BCUT2D eigenvalue weighted by Gasteiger charge is 2.15. The number of rotatable bonds is 4. The SMILES string of the molecule is C=C(C)N1CCN(CCc2ccccc2)CC1. The minimum Gasteiger partial charge on any atom is -0.373 e. The molecule has 92 valence electrons. The topological polar surface area (TPSA) is 6.48 Å². The molecule has 0 aromatic heterocycles. The van der Waals surface area contributed by atoms with E-state index in [1.165, 1.54) is 30.9 Å². The molecule has 0 radical (unpaired) electrons. The van der Waals surface area contributed by atoms with Crippen molar-refractivity contribution in [2.75, 3.05) is 32.7 Å². The van der Waals surface area contributed by atoms with Gasteiger partial charge in [-0.3, -0.25) is 4.90 Å². The Morgan fingerprint density at radius 2 is 1.76 bits per heavy atom. The summed E-state index contributed by atoms with van der Waals surface area (Å²) in [5, 5.41) is 0. The Balaban J connectivity index is 1.74. The lowest BCUT2D eigenvalue weighted by atomic mass is 10.1. The van der Waals surface area contributed by atoms with E-state index in [1.54, 1.807) is 0 Å². The zero-order chi connectivity index (χ0) is 12.1. The summed E-state index contributed by atoms with van der Waals surface area (Å²) in [5.74, 6) is 0. The molecule has 1 aromatic carbocycles. The van der Waals surface area contributed by atoms with Gasteiger partial charge in [0.2, 0.25) is 0 Å². The van der Waals surface area contributed by atoms with Crippen LogP contribution in [-0.2, 0) is 6.42 Å². The van der Waals surface area contributed by atoms with Crippen LogP contribution >= 0.6 is 0 Å². The summed E-state index contributed by atoms with van der Waals surface area (Å²) in [6, 6.07) is 10.7. The van der Waals surface area contributed by atoms with Crippen LogP contribution in [0.1, 0.15) is 12.5 Å². The Labute approximate surface area is 105 Å². The minimum atomic E-state index is 1.13. The molecule has 0 spiro atoms. The normalized spacial score (nSPS) is 17.1. The number of hydrogen-bond donors (Lipinski definition) is 0. The van der Waals surface area contributed by atoms with E-state index in [-0.39, 0.29) is 0 Å². The van der Waals surface area contributed by atoms with E-state index in [0.29, 0.717) is 0 Å². The smallest absolute Gasteiger partial charge is 0.0303 e. The highest BCUT2D eigenvalue weighted by molar-refractivity contribution is 5.14. The maximum Gasteiger partial charge on any atom is 0.0303 e. The van der Waals surface area contributed by atoms with Gasteiger partial charge >= 0.3 is 0 Å². The van der Waals surface area contributed by atoms with Crippen LogP contribution in [0.15, 0.2) is 42.6 Å². The van der Waals surface area contributed by atoms with Crippen LogP contribution in [0.2, 0.25) is 0 Å². The monoisotopic (exact) mass is 230 g/mol. The third-order valence-electron chi connectivity index (χ3n) is 3.47. The highest BCUT2D eigenvalue weighted by atomic mass is 15.3. The van der Waals surface area contributed by atoms with Gasteiger partial charge in [-0.05, 0) is 18.9 Å². The molecule has 0 bridgehead atoms. The zero-order valence-electron chi connectivity index (χ0n) is 10.7. The molecule has 0 saturated carbocycles. The fraction of sp³-hybridized carbons (Fsp3) is 0.467. The van der Waals surface area contributed by atoms with Crippen LogP contribution in [0.5, 0.6) is 0 Å². The van der Waals surface area contributed by atoms with Gasteiger partial charge in [-0.2, -0.15) is 0 Å². The number of nitrogens with zero attached hydrogens (tertiary/aromatic N) is 2. The van der Waals surface area contributed by atoms with Crippen LogP contribution in [0.4, 0.5) is 0 Å². The first-order valence-electron chi connectivity index (χ1n) is 6.42. The van der Waals surface area contributed by atoms with Crippen molar-refractivity contribution in [1.82, 2.24) is 9.80 Å². The highest BCUT2D eigenvalue weighted by Crippen LogP contribution is 2.08. The zero-order valence-corrected chi connectivity index (χ0v) is 10.7. The third kappa shape index (κ3) is 3.60. The molecule has 0 atom stereocenters. The first-order chi connectivity index (χ1) is 8.25. The van der Waals surface area contributed by atoms with Crippen molar-refractivity contribution in [3.8, 4) is 0 Å². The van der Waals surface area contributed by atoms with E-state index in [9.17, 15) is 0 Å². The Hall–Kier alpha value is -1.28. The molecule has 2 rings (SSSR count). The molecule has 1 fully saturated rings. The predicted octanol–water partition coefficient (Wildman–Crippen LogP) is 2.38. The summed E-state index contributed by atoms with van der Waals surface area (Å²) in [4.78, 5) is 4.92. The average molecular weight is 230 g/mol. The fourth-order valence-corrected chi connectivity index (χ4v) is 2.29. The van der Waals surface area contributed by atoms with E-state index in [4.69, 9.17) is 0 Å². The van der Waals surface area contributed by atoms with Crippen LogP contribution in [0, 0.1) is 0 Å². The first-order valence-corrected chi connectivity index (χ1v) is 6.42. The van der Waals surface area contributed by atoms with Crippen molar-refractivity contribution < 1.29 is 0 Å². The van der Waals surface area contributed by atoms with Gasteiger partial charge in [0.1, 0.15) is 0 Å². The van der Waals surface area contributed by atoms with Crippen LogP contribution in [-0.4, -0.2) is 42.5 Å². The van der Waals surface area contributed by atoms with Gasteiger partial charge in [0.05, 0.1) is 0 Å². The van der Waals surface area contributed by atoms with Crippen molar-refractivity contribution in [3.63, 3.8) is 0 Å². The van der Waals surface area contributed by atoms with Crippen LogP contribution in [0.3, 0.4) is 0 Å². The van der Waals surface area contributed by atoms with Crippen molar-refractivity contribution in [3.05, 3.63) is 48.2 Å². The van der Waals surface area contributed by atoms with Crippen molar-refractivity contribution in [1.29, 1.82) is 0 Å². The summed E-state index contributed by atoms with van der Waals surface area (Å²) in [6.45, 7) is 11.9. The summed E-state index contributed by atoms with van der Waals surface area (Å²) in [5.41, 5.74) is 2.64. The van der Waals surface area contributed by atoms with Gasteiger partial charge in [-0.1, -0.05) is 36.9 Å². The molecular weight excluding hydrogens is 208 g/mol. The molecule has 1 aliphatic heterocycles. The molecule has 0 N–H and O–H groups in total. The molecule has 0 aliphatic carbocycles. The molecule has 2 nitrogen and oxygen atoms in total. The van der Waals surface area contributed by atoms with Crippen molar-refractivity contribution in [2.45, 2.75) is 13.3 Å². The first kappa shape index (κ1) is 12.2. The lowest BCUT2D eigenvalue weighted by Crippen LogP contribution is -2.45. The molecule has 1 aliphatic rings. The quantitative estimate of drug-likeness (QED) is 0.783. The molecule has 1 heterocycles. The lowest BCUT2D eigenvalue weighted by Gasteiger charge is -2.36. The molecule has 0 amide bonds. The Morgan fingerprint density at radius 1 is 1.12 bits per heavy atom. The van der Waals surface area contributed by atoms with E-state index in [1.807, 2.05) is 0 Å². The Bertz CT molecular complexity index is 350. The van der Waals surface area contributed by atoms with Gasteiger partial charge in [0.25, 0.3) is 0 Å². The molecule has 0 unspecified atom stereocenters. The van der Waals surface area contributed by atoms with Gasteiger partial charge in [-0.25, -0.2) is 0 Å². The van der Waals surface area contributed by atoms with Crippen molar-refractivity contribution >= 4 is 0 Å². The summed E-state index contributed by atoms with van der Waals surface area (Å²) < 4.78 is 0. The maximum absolute atomic E-state index is 4.00. The number of piperazine rings is 1. The second kappa shape index (κ2) is 5.87. The molecule has 1 saturated heterocycles. The van der Waals surface area contributed by atoms with E-state index in [2.05, 4.69) is 53.6 Å². The van der Waals surface area contributed by atoms with Gasteiger partial charge in [0.15, 0.2) is 0 Å². The summed E-state index contributed by atoms with van der Waals surface area (Å²) >= 11 is 0. The lowest BCUT2D eigenvalue weighted by molar-refractivity contribution is 0.161. The minimum absolute atomic E-state index is 1.13. The number of benzene rings is 1. The predicted molar refractivity (Wildman–Crippen MR) is 73.0 cm³/mol. The van der Waals surface area contributed by atoms with Gasteiger partial charge in [-0.15, -0.1) is 0 Å².